The zero-order valence-electron chi connectivity index (χ0n) is 18.2. The zero-order valence-corrected chi connectivity index (χ0v) is 18.2. The molecule has 0 spiro atoms. The normalized spacial score (nSPS) is 15.4. The highest BCUT2D eigenvalue weighted by Gasteiger charge is 2.24. The van der Waals surface area contributed by atoms with Gasteiger partial charge >= 0.3 is 0 Å². The summed E-state index contributed by atoms with van der Waals surface area (Å²) in [7, 11) is 4.45. The van der Waals surface area contributed by atoms with Gasteiger partial charge in [0.2, 0.25) is 0 Å². The van der Waals surface area contributed by atoms with E-state index < -0.39 is 0 Å². The van der Waals surface area contributed by atoms with Gasteiger partial charge < -0.3 is 9.38 Å². The van der Waals surface area contributed by atoms with Crippen molar-refractivity contribution < 1.29 is 9.28 Å². The standard InChI is InChI=1S/C23H47N2O/c1-4-5-6-7-8-9-10-11-12-13-14-18-21-25(2,3)22-23(26)24-19-16-15-17-20-24/h4-22H2,1-3H3/q+1. The van der Waals surface area contributed by atoms with Gasteiger partial charge in [0, 0.05) is 13.1 Å². The fourth-order valence-corrected chi connectivity index (χ4v) is 4.07. The molecule has 0 bridgehead atoms. The van der Waals surface area contributed by atoms with Crippen LogP contribution < -0.4 is 0 Å². The summed E-state index contributed by atoms with van der Waals surface area (Å²) in [6.45, 7) is 6.07. The summed E-state index contributed by atoms with van der Waals surface area (Å²) in [5, 5.41) is 0. The van der Waals surface area contributed by atoms with Crippen molar-refractivity contribution in [1.29, 1.82) is 0 Å². The van der Waals surface area contributed by atoms with E-state index in [4.69, 9.17) is 0 Å². The van der Waals surface area contributed by atoms with E-state index in [0.29, 0.717) is 12.5 Å². The Morgan fingerprint density at radius 3 is 1.69 bits per heavy atom. The lowest BCUT2D eigenvalue weighted by atomic mass is 10.1. The Bertz CT molecular complexity index is 348. The quantitative estimate of drug-likeness (QED) is 0.265. The lowest BCUT2D eigenvalue weighted by molar-refractivity contribution is -0.883. The average molecular weight is 368 g/mol. The third-order valence-electron chi connectivity index (χ3n) is 5.89. The molecule has 0 aromatic carbocycles. The molecule has 0 aromatic rings. The molecule has 1 rings (SSSR count). The summed E-state index contributed by atoms with van der Waals surface area (Å²) in [4.78, 5) is 14.5. The molecule has 0 radical (unpaired) electrons. The van der Waals surface area contributed by atoms with Crippen LogP contribution in [-0.2, 0) is 4.79 Å². The summed E-state index contributed by atoms with van der Waals surface area (Å²) >= 11 is 0. The number of rotatable bonds is 15. The Balaban J connectivity index is 1.94. The highest BCUT2D eigenvalue weighted by atomic mass is 16.2. The van der Waals surface area contributed by atoms with Crippen LogP contribution in [-0.4, -0.2) is 55.6 Å². The molecular formula is C23H47N2O+. The maximum Gasteiger partial charge on any atom is 0.277 e. The Kier molecular flexibility index (Phi) is 13.1. The van der Waals surface area contributed by atoms with Crippen molar-refractivity contribution in [2.45, 2.75) is 103 Å². The second-order valence-electron chi connectivity index (χ2n) is 9.15. The number of carbonyl (C=O) groups excluding carboxylic acids is 1. The molecule has 1 heterocycles. The van der Waals surface area contributed by atoms with Crippen molar-refractivity contribution in [3.63, 3.8) is 0 Å². The van der Waals surface area contributed by atoms with Crippen LogP contribution >= 0.6 is 0 Å². The Labute approximate surface area is 164 Å². The SMILES string of the molecule is CCCCCCCCCCCCCC[N+](C)(C)CC(=O)N1CCCCC1. The molecule has 0 aliphatic carbocycles. The lowest BCUT2D eigenvalue weighted by Crippen LogP contribution is -2.50. The van der Waals surface area contributed by atoms with E-state index in [2.05, 4.69) is 25.9 Å². The van der Waals surface area contributed by atoms with Crippen molar-refractivity contribution in [2.75, 3.05) is 40.3 Å². The molecule has 1 aliphatic heterocycles. The summed E-state index contributed by atoms with van der Waals surface area (Å²) in [5.74, 6) is 0.369. The number of likely N-dealkylation sites (tertiary alicyclic amines) is 1. The second-order valence-corrected chi connectivity index (χ2v) is 9.15. The van der Waals surface area contributed by atoms with E-state index in [1.807, 2.05) is 0 Å². The van der Waals surface area contributed by atoms with Gasteiger partial charge in [-0.2, -0.15) is 0 Å². The van der Waals surface area contributed by atoms with Crippen LogP contribution in [0.2, 0.25) is 0 Å². The summed E-state index contributed by atoms with van der Waals surface area (Å²) in [6.07, 6.45) is 20.4. The molecule has 154 valence electrons. The molecule has 1 aliphatic rings. The molecule has 0 atom stereocenters. The highest BCUT2D eigenvalue weighted by Crippen LogP contribution is 2.14. The Morgan fingerprint density at radius 2 is 1.19 bits per heavy atom. The van der Waals surface area contributed by atoms with Crippen molar-refractivity contribution >= 4 is 5.91 Å². The fraction of sp³-hybridized carbons (Fsp3) is 0.957. The first-order valence-electron chi connectivity index (χ1n) is 11.6. The molecule has 1 amide bonds. The molecule has 1 fully saturated rings. The highest BCUT2D eigenvalue weighted by molar-refractivity contribution is 5.77. The largest absolute Gasteiger partial charge is 0.338 e. The van der Waals surface area contributed by atoms with Gasteiger partial charge in [-0.1, -0.05) is 71.1 Å². The van der Waals surface area contributed by atoms with Gasteiger partial charge in [0.1, 0.15) is 0 Å². The number of unbranched alkanes of at least 4 members (excludes halogenated alkanes) is 11. The minimum Gasteiger partial charge on any atom is -0.338 e. The Hall–Kier alpha value is -0.570. The van der Waals surface area contributed by atoms with Gasteiger partial charge in [0.25, 0.3) is 5.91 Å². The second kappa shape index (κ2) is 14.5. The minimum absolute atomic E-state index is 0.369. The van der Waals surface area contributed by atoms with E-state index in [9.17, 15) is 4.79 Å². The number of hydrogen-bond acceptors (Lipinski definition) is 1. The molecule has 0 saturated carbocycles. The molecular weight excluding hydrogens is 320 g/mol. The minimum atomic E-state index is 0.369. The number of piperidine rings is 1. The smallest absolute Gasteiger partial charge is 0.277 e. The topological polar surface area (TPSA) is 20.3 Å². The van der Waals surface area contributed by atoms with Crippen LogP contribution in [0.1, 0.15) is 103 Å². The summed E-state index contributed by atoms with van der Waals surface area (Å²) < 4.78 is 0.854. The van der Waals surface area contributed by atoms with Crippen molar-refractivity contribution in [1.82, 2.24) is 4.90 Å². The van der Waals surface area contributed by atoms with E-state index >= 15 is 0 Å². The first-order chi connectivity index (χ1) is 12.5. The van der Waals surface area contributed by atoms with Gasteiger partial charge in [0.15, 0.2) is 6.54 Å². The maximum atomic E-state index is 12.4. The van der Waals surface area contributed by atoms with Crippen LogP contribution in [0.4, 0.5) is 0 Å². The van der Waals surface area contributed by atoms with Crippen LogP contribution in [0.5, 0.6) is 0 Å². The zero-order chi connectivity index (χ0) is 19.1. The van der Waals surface area contributed by atoms with Gasteiger partial charge in [-0.3, -0.25) is 4.79 Å². The van der Waals surface area contributed by atoms with E-state index in [-0.39, 0.29) is 0 Å². The molecule has 0 N–H and O–H groups in total. The monoisotopic (exact) mass is 367 g/mol. The van der Waals surface area contributed by atoms with Crippen LogP contribution in [0, 0.1) is 0 Å². The van der Waals surface area contributed by atoms with Crippen LogP contribution in [0.15, 0.2) is 0 Å². The first-order valence-corrected chi connectivity index (χ1v) is 11.6. The molecule has 1 saturated heterocycles. The summed E-state index contributed by atoms with van der Waals surface area (Å²) in [5.41, 5.74) is 0. The first kappa shape index (κ1) is 23.5. The number of nitrogens with zero attached hydrogens (tertiary/aromatic N) is 2. The molecule has 26 heavy (non-hydrogen) atoms. The van der Waals surface area contributed by atoms with E-state index in [1.54, 1.807) is 0 Å². The van der Waals surface area contributed by atoms with Gasteiger partial charge in [0.05, 0.1) is 20.6 Å². The van der Waals surface area contributed by atoms with Crippen molar-refractivity contribution in [3.8, 4) is 0 Å². The van der Waals surface area contributed by atoms with Gasteiger partial charge in [-0.15, -0.1) is 0 Å². The van der Waals surface area contributed by atoms with Gasteiger partial charge in [-0.05, 0) is 32.1 Å². The lowest BCUT2D eigenvalue weighted by Gasteiger charge is -2.33. The number of likely N-dealkylation sites (N-methyl/N-ethyl adjacent to an activating group) is 1. The molecule has 0 aromatic heterocycles. The van der Waals surface area contributed by atoms with Crippen LogP contribution in [0.25, 0.3) is 0 Å². The predicted molar refractivity (Wildman–Crippen MR) is 113 cm³/mol. The predicted octanol–water partition coefficient (Wildman–Crippen LogP) is 5.78. The maximum absolute atomic E-state index is 12.4. The number of quaternary nitrogens is 1. The van der Waals surface area contributed by atoms with Crippen molar-refractivity contribution in [3.05, 3.63) is 0 Å². The third kappa shape index (κ3) is 11.9. The van der Waals surface area contributed by atoms with E-state index in [1.165, 1.54) is 96.3 Å². The molecule has 3 nitrogen and oxygen atoms in total. The van der Waals surface area contributed by atoms with Crippen LogP contribution in [0.3, 0.4) is 0 Å². The fourth-order valence-electron chi connectivity index (χ4n) is 4.07. The number of amides is 1. The summed E-state index contributed by atoms with van der Waals surface area (Å²) in [6, 6.07) is 0. The molecule has 0 unspecified atom stereocenters. The average Bonchev–Trinajstić information content (AvgIpc) is 2.63. The van der Waals surface area contributed by atoms with E-state index in [0.717, 1.165) is 24.1 Å². The van der Waals surface area contributed by atoms with Crippen molar-refractivity contribution in [2.24, 2.45) is 0 Å². The number of carbonyl (C=O) groups is 1. The third-order valence-corrected chi connectivity index (χ3v) is 5.89. The Morgan fingerprint density at radius 1 is 0.731 bits per heavy atom. The van der Waals surface area contributed by atoms with Gasteiger partial charge in [-0.25, -0.2) is 0 Å². The molecule has 3 heteroatoms. The number of hydrogen-bond donors (Lipinski definition) is 0.